The van der Waals surface area contributed by atoms with Crippen LogP contribution in [-0.4, -0.2) is 98.3 Å². The average Bonchev–Trinajstić information content (AvgIpc) is 3.21. The van der Waals surface area contributed by atoms with E-state index in [2.05, 4.69) is 68.5 Å². The highest BCUT2D eigenvalue weighted by molar-refractivity contribution is 7.47. The fourth-order valence-corrected chi connectivity index (χ4v) is 6.93. The third-order valence-corrected chi connectivity index (χ3v) is 10.5. The van der Waals surface area contributed by atoms with Crippen LogP contribution >= 0.6 is 7.82 Å². The van der Waals surface area contributed by atoms with E-state index in [4.69, 9.17) is 18.5 Å². The van der Waals surface area contributed by atoms with Crippen LogP contribution in [0.2, 0.25) is 0 Å². The Labute approximate surface area is 353 Å². The van der Waals surface area contributed by atoms with Crippen molar-refractivity contribution < 1.29 is 63.1 Å². The molecule has 0 radical (unpaired) electrons. The van der Waals surface area contributed by atoms with Crippen LogP contribution in [0.5, 0.6) is 0 Å². The first kappa shape index (κ1) is 54.3. The van der Waals surface area contributed by atoms with Gasteiger partial charge in [0.2, 0.25) is 0 Å². The summed E-state index contributed by atoms with van der Waals surface area (Å²) in [6.07, 6.45) is 29.8. The minimum Gasteiger partial charge on any atom is -0.462 e. The summed E-state index contributed by atoms with van der Waals surface area (Å²) < 4.78 is 33.3. The highest BCUT2D eigenvalue weighted by Crippen LogP contribution is 2.47. The van der Waals surface area contributed by atoms with Crippen LogP contribution in [0.1, 0.15) is 142 Å². The van der Waals surface area contributed by atoms with Gasteiger partial charge in [-0.3, -0.25) is 18.6 Å². The van der Waals surface area contributed by atoms with E-state index in [1.54, 1.807) is 0 Å². The summed E-state index contributed by atoms with van der Waals surface area (Å²) in [6.45, 7) is 3.13. The van der Waals surface area contributed by atoms with Crippen LogP contribution in [0.25, 0.3) is 0 Å². The van der Waals surface area contributed by atoms with Crippen molar-refractivity contribution in [3.8, 4) is 0 Å². The van der Waals surface area contributed by atoms with Gasteiger partial charge in [-0.05, 0) is 70.6 Å². The predicted molar refractivity (Wildman–Crippen MR) is 230 cm³/mol. The molecule has 0 amide bonds. The fraction of sp³-hybridized carbons (Fsp3) is 0.689. The highest BCUT2D eigenvalue weighted by atomic mass is 31.2. The number of hydrogen-bond donors (Lipinski definition) is 6. The van der Waals surface area contributed by atoms with E-state index >= 15 is 0 Å². The molecule has 1 saturated carbocycles. The Morgan fingerprint density at radius 2 is 0.966 bits per heavy atom. The molecule has 59 heavy (non-hydrogen) atoms. The minimum atomic E-state index is -5.13. The molecule has 0 heterocycles. The van der Waals surface area contributed by atoms with Crippen molar-refractivity contribution in [2.75, 3.05) is 13.2 Å². The Balaban J connectivity index is 2.53. The lowest BCUT2D eigenvalue weighted by Crippen LogP contribution is -2.64. The van der Waals surface area contributed by atoms with E-state index in [1.807, 2.05) is 18.2 Å². The molecule has 1 rings (SSSR count). The molecule has 1 aliphatic rings. The average molecular weight is 855 g/mol. The SMILES string of the molecule is CCCC/C=C/CCCCCCCC(=O)O[C@H](COC(=O)CC/C=C/C/C=C/C/C=C/C/C=C/C/C=C/CCCCC)COP(=O)(O)OC1C(O)C(O)C(O)[C@@H](O)C1O. The quantitative estimate of drug-likeness (QED) is 0.0157. The molecule has 14 heteroatoms. The monoisotopic (exact) mass is 854 g/mol. The van der Waals surface area contributed by atoms with Crippen molar-refractivity contribution in [2.24, 2.45) is 0 Å². The summed E-state index contributed by atoms with van der Waals surface area (Å²) in [5.41, 5.74) is 0. The first-order chi connectivity index (χ1) is 28.4. The lowest BCUT2D eigenvalue weighted by Gasteiger charge is -2.41. The molecule has 338 valence electrons. The standard InChI is InChI=1S/C45H75O13P/c1-3-5-7-9-11-13-15-16-17-18-19-20-21-22-24-25-27-29-31-33-38(46)55-35-37(57-39(47)34-32-30-28-26-23-14-12-10-8-6-4-2)36-56-59(53,54)58-45-43(51)41(49)40(48)42(50)44(45)52/h10-13,16-17,19-20,22,24,27,29,37,40-45,48-52H,3-9,14-15,18,21,23,25-26,28,30-36H2,1-2H3,(H,53,54)/b12-10+,13-11+,17-16+,20-19+,24-22+,29-27+/t37-,40?,41-,42?,43?,44?,45?/m1/s1. The lowest BCUT2D eigenvalue weighted by molar-refractivity contribution is -0.220. The van der Waals surface area contributed by atoms with Crippen LogP contribution in [0.4, 0.5) is 0 Å². The smallest absolute Gasteiger partial charge is 0.462 e. The van der Waals surface area contributed by atoms with Crippen molar-refractivity contribution in [1.29, 1.82) is 0 Å². The lowest BCUT2D eigenvalue weighted by atomic mass is 9.85. The maximum absolute atomic E-state index is 12.8. The first-order valence-electron chi connectivity index (χ1n) is 21.7. The summed E-state index contributed by atoms with van der Waals surface area (Å²) in [7, 11) is -5.13. The van der Waals surface area contributed by atoms with Gasteiger partial charge in [-0.1, -0.05) is 132 Å². The molecule has 0 aromatic carbocycles. The van der Waals surface area contributed by atoms with Crippen molar-refractivity contribution in [1.82, 2.24) is 0 Å². The van der Waals surface area contributed by atoms with Crippen LogP contribution in [0, 0.1) is 0 Å². The summed E-state index contributed by atoms with van der Waals surface area (Å²) in [5.74, 6) is -1.22. The number of unbranched alkanes of at least 4 members (excludes halogenated alkanes) is 10. The zero-order valence-electron chi connectivity index (χ0n) is 35.5. The Morgan fingerprint density at radius 3 is 1.53 bits per heavy atom. The molecule has 13 nitrogen and oxygen atoms in total. The number of allylic oxidation sites excluding steroid dienone is 12. The normalized spacial score (nSPS) is 23.1. The van der Waals surface area contributed by atoms with E-state index in [0.29, 0.717) is 19.3 Å². The molecular weight excluding hydrogens is 779 g/mol. The van der Waals surface area contributed by atoms with Gasteiger partial charge in [-0.2, -0.15) is 0 Å². The topological polar surface area (TPSA) is 210 Å². The molecule has 0 aromatic heterocycles. The van der Waals surface area contributed by atoms with Crippen molar-refractivity contribution >= 4 is 19.8 Å². The Bertz CT molecular complexity index is 1310. The zero-order valence-corrected chi connectivity index (χ0v) is 36.4. The van der Waals surface area contributed by atoms with E-state index in [-0.39, 0.29) is 12.8 Å². The number of carbonyl (C=O) groups excluding carboxylic acids is 2. The molecule has 0 aliphatic heterocycles. The molecule has 6 unspecified atom stereocenters. The van der Waals surface area contributed by atoms with Gasteiger partial charge in [0.1, 0.15) is 43.2 Å². The Hall–Kier alpha value is -2.71. The fourth-order valence-electron chi connectivity index (χ4n) is 5.95. The number of aliphatic hydroxyl groups is 5. The number of esters is 2. The zero-order chi connectivity index (χ0) is 43.6. The first-order valence-corrected chi connectivity index (χ1v) is 23.2. The van der Waals surface area contributed by atoms with Gasteiger partial charge >= 0.3 is 19.8 Å². The van der Waals surface area contributed by atoms with Gasteiger partial charge < -0.3 is 39.9 Å². The van der Waals surface area contributed by atoms with Gasteiger partial charge in [0, 0.05) is 12.8 Å². The van der Waals surface area contributed by atoms with Gasteiger partial charge in [0.15, 0.2) is 6.10 Å². The third kappa shape index (κ3) is 27.7. The number of aliphatic hydroxyl groups excluding tert-OH is 5. The van der Waals surface area contributed by atoms with Crippen LogP contribution < -0.4 is 0 Å². The van der Waals surface area contributed by atoms with E-state index in [9.17, 15) is 44.6 Å². The molecule has 8 atom stereocenters. The van der Waals surface area contributed by atoms with Crippen molar-refractivity contribution in [3.05, 3.63) is 72.9 Å². The maximum Gasteiger partial charge on any atom is 0.472 e. The number of carbonyl (C=O) groups is 2. The number of phosphoric ester groups is 1. The number of hydrogen-bond acceptors (Lipinski definition) is 12. The molecule has 0 bridgehead atoms. The van der Waals surface area contributed by atoms with Crippen LogP contribution in [0.3, 0.4) is 0 Å². The highest BCUT2D eigenvalue weighted by Gasteiger charge is 2.51. The summed E-state index contributed by atoms with van der Waals surface area (Å²) in [5, 5.41) is 50.0. The largest absolute Gasteiger partial charge is 0.472 e. The maximum atomic E-state index is 12.8. The van der Waals surface area contributed by atoms with Gasteiger partial charge in [-0.25, -0.2) is 4.57 Å². The van der Waals surface area contributed by atoms with Gasteiger partial charge in [0.05, 0.1) is 6.61 Å². The Kier molecular flexibility index (Phi) is 32.2. The predicted octanol–water partition coefficient (Wildman–Crippen LogP) is 7.94. The van der Waals surface area contributed by atoms with E-state index < -0.39 is 75.7 Å². The number of ether oxygens (including phenoxy) is 2. The molecule has 6 N–H and O–H groups in total. The van der Waals surface area contributed by atoms with Gasteiger partial charge in [-0.15, -0.1) is 0 Å². The Morgan fingerprint density at radius 1 is 0.525 bits per heavy atom. The summed E-state index contributed by atoms with van der Waals surface area (Å²) in [6, 6.07) is 0. The summed E-state index contributed by atoms with van der Waals surface area (Å²) >= 11 is 0. The molecular formula is C45H75O13P. The van der Waals surface area contributed by atoms with Crippen LogP contribution in [0.15, 0.2) is 72.9 Å². The molecule has 1 aliphatic carbocycles. The minimum absolute atomic E-state index is 0.0384. The summed E-state index contributed by atoms with van der Waals surface area (Å²) in [4.78, 5) is 35.5. The second-order valence-corrected chi connectivity index (χ2v) is 16.2. The molecule has 0 spiro atoms. The van der Waals surface area contributed by atoms with E-state index in [1.165, 1.54) is 32.1 Å². The second-order valence-electron chi connectivity index (χ2n) is 14.8. The van der Waals surface area contributed by atoms with Crippen LogP contribution in [-0.2, 0) is 32.7 Å². The van der Waals surface area contributed by atoms with E-state index in [0.717, 1.165) is 64.2 Å². The number of rotatable bonds is 34. The molecule has 1 fully saturated rings. The number of phosphoric acid groups is 1. The second kappa shape index (κ2) is 34.9. The van der Waals surface area contributed by atoms with Gasteiger partial charge in [0.25, 0.3) is 0 Å². The van der Waals surface area contributed by atoms with Crippen molar-refractivity contribution in [3.63, 3.8) is 0 Å². The molecule has 0 saturated heterocycles. The molecule has 0 aromatic rings. The van der Waals surface area contributed by atoms with Crippen molar-refractivity contribution in [2.45, 2.75) is 185 Å². The third-order valence-electron chi connectivity index (χ3n) is 9.53.